The number of hydrogen-bond acceptors (Lipinski definition) is 8. The molecule has 0 spiro atoms. The minimum absolute atomic E-state index is 0.310. The summed E-state index contributed by atoms with van der Waals surface area (Å²) in [5.41, 5.74) is 0. The molecule has 5 atom stereocenters. The Kier molecular flexibility index (Phi) is 6.33. The van der Waals surface area contributed by atoms with Crippen LogP contribution in [0.25, 0.3) is 0 Å². The first-order chi connectivity index (χ1) is 12.1. The van der Waals surface area contributed by atoms with Gasteiger partial charge in [0.2, 0.25) is 6.29 Å². The highest BCUT2D eigenvalue weighted by atomic mass is 16.8. The van der Waals surface area contributed by atoms with Gasteiger partial charge in [-0.3, -0.25) is 14.4 Å². The van der Waals surface area contributed by atoms with Crippen molar-refractivity contribution in [2.45, 2.75) is 70.6 Å². The Morgan fingerprint density at radius 2 is 2.00 bits per heavy atom. The molecule has 2 unspecified atom stereocenters. The third-order valence-corrected chi connectivity index (χ3v) is 3.81. The van der Waals surface area contributed by atoms with Crippen molar-refractivity contribution >= 4 is 17.7 Å². The van der Waals surface area contributed by atoms with Crippen LogP contribution in [0.2, 0.25) is 0 Å². The topological polar surface area (TPSA) is 97.4 Å². The van der Waals surface area contributed by atoms with E-state index in [0.717, 1.165) is 0 Å². The first kappa shape index (κ1) is 20.3. The van der Waals surface area contributed by atoms with E-state index in [2.05, 4.69) is 6.58 Å². The number of carbonyl (C=O) groups is 3. The van der Waals surface area contributed by atoms with Crippen LogP contribution in [-0.4, -0.2) is 54.2 Å². The van der Waals surface area contributed by atoms with Crippen LogP contribution in [0.1, 0.15) is 34.1 Å². The van der Waals surface area contributed by atoms with Crippen LogP contribution >= 0.6 is 0 Å². The summed E-state index contributed by atoms with van der Waals surface area (Å²) in [6, 6.07) is 0. The fourth-order valence-electron chi connectivity index (χ4n) is 2.96. The van der Waals surface area contributed by atoms with Crippen LogP contribution in [-0.2, 0) is 38.1 Å². The number of ether oxygens (including phenoxy) is 5. The average molecular weight is 368 g/mol. The molecular formula is C18H24O8. The molecule has 1 saturated heterocycles. The van der Waals surface area contributed by atoms with Crippen molar-refractivity contribution in [1.29, 1.82) is 0 Å². The van der Waals surface area contributed by atoms with Crippen molar-refractivity contribution in [3.05, 3.63) is 24.8 Å². The zero-order valence-electron chi connectivity index (χ0n) is 15.3. The first-order valence-corrected chi connectivity index (χ1v) is 8.31. The minimum atomic E-state index is -1.07. The lowest BCUT2D eigenvalue weighted by Gasteiger charge is -2.32. The van der Waals surface area contributed by atoms with E-state index in [1.54, 1.807) is 19.9 Å². The van der Waals surface area contributed by atoms with Crippen LogP contribution in [0, 0.1) is 0 Å². The largest absolute Gasteiger partial charge is 0.459 e. The molecule has 26 heavy (non-hydrogen) atoms. The van der Waals surface area contributed by atoms with Crippen molar-refractivity contribution in [1.82, 2.24) is 0 Å². The molecule has 0 saturated carbocycles. The number of esters is 2. The van der Waals surface area contributed by atoms with Crippen molar-refractivity contribution in [2.24, 2.45) is 0 Å². The second-order valence-electron chi connectivity index (χ2n) is 6.53. The van der Waals surface area contributed by atoms with Gasteiger partial charge in [0.1, 0.15) is 18.3 Å². The Hall–Kier alpha value is -2.03. The maximum atomic E-state index is 12.4. The summed E-state index contributed by atoms with van der Waals surface area (Å²) in [4.78, 5) is 35.0. The van der Waals surface area contributed by atoms with Gasteiger partial charge < -0.3 is 23.7 Å². The van der Waals surface area contributed by atoms with Crippen molar-refractivity contribution in [3.63, 3.8) is 0 Å². The van der Waals surface area contributed by atoms with Gasteiger partial charge in [0, 0.05) is 20.3 Å². The second-order valence-corrected chi connectivity index (χ2v) is 6.53. The molecule has 8 heteroatoms. The van der Waals surface area contributed by atoms with E-state index in [1.165, 1.54) is 26.0 Å². The normalized spacial score (nSPS) is 31.3. The highest BCUT2D eigenvalue weighted by Crippen LogP contribution is 2.36. The van der Waals surface area contributed by atoms with E-state index in [4.69, 9.17) is 23.7 Å². The maximum absolute atomic E-state index is 12.4. The van der Waals surface area contributed by atoms with Gasteiger partial charge >= 0.3 is 11.9 Å². The van der Waals surface area contributed by atoms with Crippen molar-refractivity contribution in [3.8, 4) is 0 Å². The van der Waals surface area contributed by atoms with Crippen LogP contribution in [0.15, 0.2) is 24.8 Å². The lowest BCUT2D eigenvalue weighted by Crippen LogP contribution is -2.50. The predicted molar refractivity (Wildman–Crippen MR) is 88.8 cm³/mol. The molecule has 2 aliphatic heterocycles. The molecule has 0 aliphatic carbocycles. The fourth-order valence-corrected chi connectivity index (χ4v) is 2.96. The quantitative estimate of drug-likeness (QED) is 0.513. The Balaban J connectivity index is 2.26. The molecule has 0 aromatic heterocycles. The molecule has 0 aromatic rings. The third kappa shape index (κ3) is 5.00. The Morgan fingerprint density at radius 3 is 2.58 bits per heavy atom. The smallest absolute Gasteiger partial charge is 0.305 e. The highest BCUT2D eigenvalue weighted by Gasteiger charge is 2.52. The molecule has 8 nitrogen and oxygen atoms in total. The van der Waals surface area contributed by atoms with Crippen LogP contribution in [0.4, 0.5) is 0 Å². The summed E-state index contributed by atoms with van der Waals surface area (Å²) >= 11 is 0. The number of rotatable bonds is 6. The number of carbonyl (C=O) groups excluding carboxylic acids is 3. The van der Waals surface area contributed by atoms with E-state index >= 15 is 0 Å². The van der Waals surface area contributed by atoms with Gasteiger partial charge in [0.15, 0.2) is 17.7 Å². The number of ketones is 1. The van der Waals surface area contributed by atoms with Gasteiger partial charge in [0.25, 0.3) is 0 Å². The van der Waals surface area contributed by atoms with Gasteiger partial charge in [-0.1, -0.05) is 6.08 Å². The second kappa shape index (κ2) is 8.11. The van der Waals surface area contributed by atoms with E-state index in [-0.39, 0.29) is 5.78 Å². The summed E-state index contributed by atoms with van der Waals surface area (Å²) < 4.78 is 27.7. The summed E-state index contributed by atoms with van der Waals surface area (Å²) in [6.07, 6.45) is 0.134. The van der Waals surface area contributed by atoms with Crippen molar-refractivity contribution < 1.29 is 38.1 Å². The standard InChI is InChI=1S/C18H24O8/c1-6-7-13(22-10(2)19)16-17(26-18(4,5)25-16)15-12(21)8-9-14(24-15)23-11(3)20/h6,8-9,13-17H,1,7H2,2-5H3/t13-,14?,15?,16-,17+/m0/s1. The molecule has 144 valence electrons. The molecule has 0 bridgehead atoms. The average Bonchev–Trinajstić information content (AvgIpc) is 2.83. The molecule has 0 aromatic carbocycles. The summed E-state index contributed by atoms with van der Waals surface area (Å²) in [7, 11) is 0. The lowest BCUT2D eigenvalue weighted by molar-refractivity contribution is -0.200. The molecule has 1 fully saturated rings. The zero-order valence-corrected chi connectivity index (χ0v) is 15.3. The van der Waals surface area contributed by atoms with E-state index in [1.807, 2.05) is 0 Å². The summed E-state index contributed by atoms with van der Waals surface area (Å²) in [6.45, 7) is 9.56. The maximum Gasteiger partial charge on any atom is 0.305 e. The first-order valence-electron chi connectivity index (χ1n) is 8.31. The molecule has 0 amide bonds. The molecule has 2 aliphatic rings. The van der Waals surface area contributed by atoms with Gasteiger partial charge in [-0.05, 0) is 26.0 Å². The lowest BCUT2D eigenvalue weighted by atomic mass is 9.97. The molecule has 2 heterocycles. The monoisotopic (exact) mass is 368 g/mol. The number of hydrogen-bond donors (Lipinski definition) is 0. The predicted octanol–water partition coefficient (Wildman–Crippen LogP) is 1.43. The van der Waals surface area contributed by atoms with Gasteiger partial charge in [0.05, 0.1) is 0 Å². The molecule has 2 rings (SSSR count). The fraction of sp³-hybridized carbons (Fsp3) is 0.611. The summed E-state index contributed by atoms with van der Waals surface area (Å²) in [5, 5.41) is 0. The Labute approximate surface area is 152 Å². The minimum Gasteiger partial charge on any atom is -0.459 e. The van der Waals surface area contributed by atoms with Crippen LogP contribution in [0.5, 0.6) is 0 Å². The molecular weight excluding hydrogens is 344 g/mol. The van der Waals surface area contributed by atoms with Crippen molar-refractivity contribution in [2.75, 3.05) is 0 Å². The third-order valence-electron chi connectivity index (χ3n) is 3.81. The van der Waals surface area contributed by atoms with Crippen LogP contribution < -0.4 is 0 Å². The van der Waals surface area contributed by atoms with Crippen LogP contribution in [0.3, 0.4) is 0 Å². The van der Waals surface area contributed by atoms with E-state index in [9.17, 15) is 14.4 Å². The van der Waals surface area contributed by atoms with Gasteiger partial charge in [-0.25, -0.2) is 0 Å². The Bertz CT molecular complexity index is 608. The highest BCUT2D eigenvalue weighted by molar-refractivity contribution is 5.95. The van der Waals surface area contributed by atoms with E-state index in [0.29, 0.717) is 6.42 Å². The summed E-state index contributed by atoms with van der Waals surface area (Å²) in [5.74, 6) is -2.41. The SMILES string of the molecule is C=CC[C@H](OC(C)=O)[C@@H]1OC(C)(C)O[C@@H]1C1OC(OC(C)=O)C=CC1=O. The zero-order chi connectivity index (χ0) is 19.5. The Morgan fingerprint density at radius 1 is 1.31 bits per heavy atom. The van der Waals surface area contributed by atoms with E-state index < -0.39 is 48.4 Å². The van der Waals surface area contributed by atoms with Gasteiger partial charge in [-0.2, -0.15) is 0 Å². The molecule has 0 N–H and O–H groups in total. The van der Waals surface area contributed by atoms with Gasteiger partial charge in [-0.15, -0.1) is 6.58 Å². The molecule has 0 radical (unpaired) electrons.